The van der Waals surface area contributed by atoms with Crippen molar-refractivity contribution in [3.63, 3.8) is 0 Å². The third-order valence-electron chi connectivity index (χ3n) is 3.10. The Kier molecular flexibility index (Phi) is 4.98. The van der Waals surface area contributed by atoms with Gasteiger partial charge in [0.2, 0.25) is 0 Å². The minimum absolute atomic E-state index is 0.100. The van der Waals surface area contributed by atoms with Crippen LogP contribution in [0, 0.1) is 0 Å². The lowest BCUT2D eigenvalue weighted by atomic mass is 10.1. The van der Waals surface area contributed by atoms with Crippen molar-refractivity contribution in [3.8, 4) is 0 Å². The number of nitrogens with one attached hydrogen (secondary N) is 3. The van der Waals surface area contributed by atoms with E-state index in [1.54, 1.807) is 13.1 Å². The first-order valence-corrected chi connectivity index (χ1v) is 8.34. The van der Waals surface area contributed by atoms with Gasteiger partial charge in [0.25, 0.3) is 10.0 Å². The Hall–Kier alpha value is -1.86. The molecule has 0 atom stereocenters. The van der Waals surface area contributed by atoms with Crippen molar-refractivity contribution >= 4 is 15.7 Å². The Balaban J connectivity index is 2.31. The number of anilines is 1. The topological polar surface area (TPSA) is 86.9 Å². The molecule has 0 unspecified atom stereocenters. The summed E-state index contributed by atoms with van der Waals surface area (Å²) in [6, 6.07) is 7.43. The van der Waals surface area contributed by atoms with Gasteiger partial charge < -0.3 is 5.32 Å². The minimum Gasteiger partial charge on any atom is -0.316 e. The molecular formula is C14H20N4O2S. The number of H-pyrrole nitrogens is 1. The van der Waals surface area contributed by atoms with Gasteiger partial charge >= 0.3 is 0 Å². The molecule has 0 spiro atoms. The molecule has 0 bridgehead atoms. The smallest absolute Gasteiger partial charge is 0.279 e. The highest BCUT2D eigenvalue weighted by Gasteiger charge is 2.21. The maximum absolute atomic E-state index is 12.5. The predicted octanol–water partition coefficient (Wildman–Crippen LogP) is 1.88. The van der Waals surface area contributed by atoms with Gasteiger partial charge in [-0.2, -0.15) is 13.5 Å². The number of benzene rings is 1. The van der Waals surface area contributed by atoms with Crippen LogP contribution < -0.4 is 10.0 Å². The van der Waals surface area contributed by atoms with Crippen molar-refractivity contribution in [2.75, 3.05) is 11.8 Å². The summed E-state index contributed by atoms with van der Waals surface area (Å²) in [5, 5.41) is 9.41. The zero-order valence-corrected chi connectivity index (χ0v) is 13.0. The molecule has 0 aliphatic rings. The van der Waals surface area contributed by atoms with Crippen molar-refractivity contribution in [3.05, 3.63) is 41.6 Å². The summed E-state index contributed by atoms with van der Waals surface area (Å²) in [5.41, 5.74) is 2.21. The molecule has 114 valence electrons. The fourth-order valence-corrected chi connectivity index (χ4v) is 3.38. The summed E-state index contributed by atoms with van der Waals surface area (Å²) in [4.78, 5) is 0. The number of rotatable bonds is 7. The molecule has 7 heteroatoms. The molecule has 0 fully saturated rings. The second-order valence-corrected chi connectivity index (χ2v) is 6.39. The Labute approximate surface area is 125 Å². The molecule has 6 nitrogen and oxygen atoms in total. The quantitative estimate of drug-likeness (QED) is 0.729. The van der Waals surface area contributed by atoms with E-state index in [0.29, 0.717) is 17.8 Å². The van der Waals surface area contributed by atoms with Gasteiger partial charge in [-0.25, -0.2) is 0 Å². The van der Waals surface area contributed by atoms with E-state index in [0.717, 1.165) is 18.4 Å². The fourth-order valence-electron chi connectivity index (χ4n) is 2.15. The first-order chi connectivity index (χ1) is 10.1. The summed E-state index contributed by atoms with van der Waals surface area (Å²) < 4.78 is 27.7. The molecule has 0 aliphatic heterocycles. The van der Waals surface area contributed by atoms with Gasteiger partial charge in [-0.15, -0.1) is 0 Å². The molecule has 1 aromatic heterocycles. The number of nitrogens with zero attached hydrogens (tertiary/aromatic N) is 1. The average molecular weight is 308 g/mol. The van der Waals surface area contributed by atoms with Crippen LogP contribution in [0.2, 0.25) is 0 Å². The lowest BCUT2D eigenvalue weighted by Crippen LogP contribution is -2.18. The Morgan fingerprint density at radius 3 is 2.71 bits per heavy atom. The molecule has 2 aromatic rings. The largest absolute Gasteiger partial charge is 0.316 e. The second-order valence-electron chi connectivity index (χ2n) is 4.77. The van der Waals surface area contributed by atoms with Crippen LogP contribution in [0.1, 0.15) is 24.5 Å². The van der Waals surface area contributed by atoms with Gasteiger partial charge in [0.05, 0.1) is 11.9 Å². The molecule has 0 saturated carbocycles. The first kappa shape index (κ1) is 15.5. The summed E-state index contributed by atoms with van der Waals surface area (Å²) in [6.07, 6.45) is 3.29. The first-order valence-electron chi connectivity index (χ1n) is 6.86. The van der Waals surface area contributed by atoms with Crippen molar-refractivity contribution in [1.29, 1.82) is 0 Å². The summed E-state index contributed by atoms with van der Waals surface area (Å²) >= 11 is 0. The number of para-hydroxylation sites is 1. The molecule has 2 rings (SSSR count). The van der Waals surface area contributed by atoms with Crippen LogP contribution in [0.3, 0.4) is 0 Å². The van der Waals surface area contributed by atoms with Crippen LogP contribution in [-0.4, -0.2) is 25.7 Å². The maximum atomic E-state index is 12.5. The molecule has 1 aromatic carbocycles. The highest BCUT2D eigenvalue weighted by Crippen LogP contribution is 2.21. The maximum Gasteiger partial charge on any atom is 0.279 e. The lowest BCUT2D eigenvalue weighted by Gasteiger charge is -2.12. The minimum atomic E-state index is -3.67. The molecule has 0 radical (unpaired) electrons. The van der Waals surface area contributed by atoms with E-state index in [-0.39, 0.29) is 5.03 Å². The van der Waals surface area contributed by atoms with Gasteiger partial charge in [-0.05, 0) is 25.1 Å². The summed E-state index contributed by atoms with van der Waals surface area (Å²) in [5.74, 6) is 0. The third-order valence-corrected chi connectivity index (χ3v) is 4.47. The van der Waals surface area contributed by atoms with E-state index < -0.39 is 10.0 Å². The van der Waals surface area contributed by atoms with Gasteiger partial charge in [0.1, 0.15) is 0 Å². The predicted molar refractivity (Wildman–Crippen MR) is 82.6 cm³/mol. The monoisotopic (exact) mass is 308 g/mol. The van der Waals surface area contributed by atoms with E-state index in [4.69, 9.17) is 0 Å². The van der Waals surface area contributed by atoms with Gasteiger partial charge in [0.15, 0.2) is 5.03 Å². The molecule has 0 amide bonds. The molecule has 3 N–H and O–H groups in total. The number of aryl methyl sites for hydroxylation is 1. The number of hydrogen-bond acceptors (Lipinski definition) is 4. The van der Waals surface area contributed by atoms with E-state index >= 15 is 0 Å². The normalized spacial score (nSPS) is 11.5. The van der Waals surface area contributed by atoms with E-state index in [9.17, 15) is 8.42 Å². The zero-order chi connectivity index (χ0) is 15.3. The SMILES string of the molecule is CCCc1ccccc1NS(=O)(=O)c1[nH]ncc1CNC. The van der Waals surface area contributed by atoms with E-state index in [1.807, 2.05) is 18.2 Å². The van der Waals surface area contributed by atoms with Crippen molar-refractivity contribution in [2.24, 2.45) is 0 Å². The lowest BCUT2D eigenvalue weighted by molar-refractivity contribution is 0.595. The van der Waals surface area contributed by atoms with Crippen LogP contribution >= 0.6 is 0 Å². The molecule has 0 aliphatic carbocycles. The van der Waals surface area contributed by atoms with Crippen molar-refractivity contribution in [1.82, 2.24) is 15.5 Å². The van der Waals surface area contributed by atoms with Crippen LogP contribution in [0.5, 0.6) is 0 Å². The van der Waals surface area contributed by atoms with Gasteiger partial charge in [-0.3, -0.25) is 9.82 Å². The summed E-state index contributed by atoms with van der Waals surface area (Å²) in [6.45, 7) is 2.49. The standard InChI is InChI=1S/C14H20N4O2S/c1-3-6-11-7-4-5-8-13(11)18-21(19,20)14-12(9-15-2)10-16-17-14/h4-5,7-8,10,15,18H,3,6,9H2,1-2H3,(H,16,17). The molecule has 1 heterocycles. The zero-order valence-electron chi connectivity index (χ0n) is 12.2. The highest BCUT2D eigenvalue weighted by atomic mass is 32.2. The van der Waals surface area contributed by atoms with Crippen molar-refractivity contribution in [2.45, 2.75) is 31.3 Å². The van der Waals surface area contributed by atoms with Crippen LogP contribution in [-0.2, 0) is 23.0 Å². The third kappa shape index (κ3) is 3.62. The highest BCUT2D eigenvalue weighted by molar-refractivity contribution is 7.92. The van der Waals surface area contributed by atoms with Crippen LogP contribution in [0.4, 0.5) is 5.69 Å². The van der Waals surface area contributed by atoms with Crippen molar-refractivity contribution < 1.29 is 8.42 Å². The summed E-state index contributed by atoms with van der Waals surface area (Å²) in [7, 11) is -1.91. The number of hydrogen-bond donors (Lipinski definition) is 3. The number of aromatic amines is 1. The van der Waals surface area contributed by atoms with Crippen LogP contribution in [0.25, 0.3) is 0 Å². The Morgan fingerprint density at radius 2 is 2.00 bits per heavy atom. The van der Waals surface area contributed by atoms with E-state index in [2.05, 4.69) is 27.2 Å². The molecule has 21 heavy (non-hydrogen) atoms. The average Bonchev–Trinajstić information content (AvgIpc) is 2.91. The fraction of sp³-hybridized carbons (Fsp3) is 0.357. The molecular weight excluding hydrogens is 288 g/mol. The van der Waals surface area contributed by atoms with Gasteiger partial charge in [0, 0.05) is 12.1 Å². The Bertz CT molecular complexity index is 695. The molecule has 0 saturated heterocycles. The Morgan fingerprint density at radius 1 is 1.24 bits per heavy atom. The van der Waals surface area contributed by atoms with Gasteiger partial charge in [-0.1, -0.05) is 31.5 Å². The van der Waals surface area contributed by atoms with E-state index in [1.165, 1.54) is 6.20 Å². The van der Waals surface area contributed by atoms with Crippen LogP contribution in [0.15, 0.2) is 35.5 Å². The second kappa shape index (κ2) is 6.73. The number of sulfonamides is 1. The number of aromatic nitrogens is 2.